The summed E-state index contributed by atoms with van der Waals surface area (Å²) in [7, 11) is 0. The van der Waals surface area contributed by atoms with Gasteiger partial charge in [-0.3, -0.25) is 0 Å². The fourth-order valence-electron chi connectivity index (χ4n) is 1.92. The van der Waals surface area contributed by atoms with Crippen molar-refractivity contribution in [3.8, 4) is 11.5 Å². The topological polar surface area (TPSA) is 30.5 Å². The highest BCUT2D eigenvalue weighted by Gasteiger charge is 1.96. The summed E-state index contributed by atoms with van der Waals surface area (Å²) in [4.78, 5) is 0. The maximum Gasteiger partial charge on any atom is 0.119 e. The van der Waals surface area contributed by atoms with Crippen LogP contribution in [0.5, 0.6) is 11.5 Å². The minimum Gasteiger partial charge on any atom is -0.494 e. The Hall–Kier alpha value is -2.16. The van der Waals surface area contributed by atoms with Crippen LogP contribution in [-0.4, -0.2) is 19.8 Å². The highest BCUT2D eigenvalue weighted by atomic mass is 16.5. The number of nitrogens with one attached hydrogen (secondary N) is 1. The highest BCUT2D eigenvalue weighted by molar-refractivity contribution is 5.45. The van der Waals surface area contributed by atoms with E-state index in [9.17, 15) is 0 Å². The summed E-state index contributed by atoms with van der Waals surface area (Å²) < 4.78 is 11.1. The molecule has 0 bridgehead atoms. The van der Waals surface area contributed by atoms with Crippen molar-refractivity contribution in [3.63, 3.8) is 0 Å². The lowest BCUT2D eigenvalue weighted by Gasteiger charge is -2.10. The molecule has 0 saturated heterocycles. The van der Waals surface area contributed by atoms with Gasteiger partial charge in [0.25, 0.3) is 0 Å². The van der Waals surface area contributed by atoms with E-state index in [-0.39, 0.29) is 0 Å². The molecule has 2 rings (SSSR count). The fourth-order valence-corrected chi connectivity index (χ4v) is 1.92. The van der Waals surface area contributed by atoms with Gasteiger partial charge in [0.2, 0.25) is 0 Å². The Balaban J connectivity index is 1.73. The molecule has 0 saturated carbocycles. The average molecular weight is 271 g/mol. The maximum atomic E-state index is 5.67. The first-order chi connectivity index (χ1) is 9.78. The van der Waals surface area contributed by atoms with Crippen molar-refractivity contribution >= 4 is 5.69 Å². The van der Waals surface area contributed by atoms with Crippen LogP contribution in [0.15, 0.2) is 48.5 Å². The van der Waals surface area contributed by atoms with Crippen LogP contribution in [0, 0.1) is 6.92 Å². The summed E-state index contributed by atoms with van der Waals surface area (Å²) in [5.41, 5.74) is 2.38. The van der Waals surface area contributed by atoms with Crippen LogP contribution in [0.1, 0.15) is 12.5 Å². The number of aryl methyl sites for hydroxylation is 1. The molecular formula is C17H21NO2. The summed E-state index contributed by atoms with van der Waals surface area (Å²) >= 11 is 0. The zero-order valence-corrected chi connectivity index (χ0v) is 12.1. The predicted octanol–water partition coefficient (Wildman–Crippen LogP) is 3.88. The van der Waals surface area contributed by atoms with E-state index in [1.807, 2.05) is 37.3 Å². The number of anilines is 1. The first-order valence-electron chi connectivity index (χ1n) is 6.94. The van der Waals surface area contributed by atoms with Crippen molar-refractivity contribution in [2.45, 2.75) is 13.8 Å². The maximum absolute atomic E-state index is 5.67. The Morgan fingerprint density at radius 1 is 0.950 bits per heavy atom. The second-order valence-electron chi connectivity index (χ2n) is 4.55. The third kappa shape index (κ3) is 4.50. The first-order valence-corrected chi connectivity index (χ1v) is 6.94. The smallest absolute Gasteiger partial charge is 0.119 e. The molecule has 1 N–H and O–H groups in total. The van der Waals surface area contributed by atoms with Gasteiger partial charge in [0.15, 0.2) is 0 Å². The molecule has 0 heterocycles. The van der Waals surface area contributed by atoms with E-state index in [2.05, 4.69) is 30.4 Å². The van der Waals surface area contributed by atoms with Crippen LogP contribution in [0.4, 0.5) is 5.69 Å². The Bertz CT molecular complexity index is 523. The minimum atomic E-state index is 0.627. The van der Waals surface area contributed by atoms with Gasteiger partial charge in [0.1, 0.15) is 18.1 Å². The highest BCUT2D eigenvalue weighted by Crippen LogP contribution is 2.17. The van der Waals surface area contributed by atoms with Crippen LogP contribution >= 0.6 is 0 Å². The Labute approximate surface area is 120 Å². The number of rotatable bonds is 7. The molecular weight excluding hydrogens is 250 g/mol. The van der Waals surface area contributed by atoms with Gasteiger partial charge in [-0.05, 0) is 55.8 Å². The number of hydrogen-bond acceptors (Lipinski definition) is 3. The molecule has 0 aliphatic rings. The van der Waals surface area contributed by atoms with Gasteiger partial charge in [-0.25, -0.2) is 0 Å². The first kappa shape index (κ1) is 14.3. The largest absolute Gasteiger partial charge is 0.494 e. The average Bonchev–Trinajstić information content (AvgIpc) is 2.46. The van der Waals surface area contributed by atoms with Crippen LogP contribution in [0.2, 0.25) is 0 Å². The molecule has 0 amide bonds. The van der Waals surface area contributed by atoms with Gasteiger partial charge in [0, 0.05) is 12.2 Å². The van der Waals surface area contributed by atoms with E-state index in [0.29, 0.717) is 13.2 Å². The third-order valence-electron chi connectivity index (χ3n) is 2.85. The van der Waals surface area contributed by atoms with E-state index >= 15 is 0 Å². The van der Waals surface area contributed by atoms with Crippen molar-refractivity contribution in [2.24, 2.45) is 0 Å². The number of benzene rings is 2. The quantitative estimate of drug-likeness (QED) is 0.775. The third-order valence-corrected chi connectivity index (χ3v) is 2.85. The summed E-state index contributed by atoms with van der Waals surface area (Å²) in [5, 5.41) is 3.34. The number of ether oxygens (including phenoxy) is 2. The van der Waals surface area contributed by atoms with Crippen molar-refractivity contribution < 1.29 is 9.47 Å². The molecule has 0 radical (unpaired) electrons. The Kier molecular flexibility index (Phi) is 5.30. The van der Waals surface area contributed by atoms with Gasteiger partial charge in [-0.15, -0.1) is 0 Å². The second kappa shape index (κ2) is 7.43. The molecule has 0 aliphatic carbocycles. The van der Waals surface area contributed by atoms with Gasteiger partial charge in [0.05, 0.1) is 6.61 Å². The molecule has 20 heavy (non-hydrogen) atoms. The standard InChI is InChI=1S/C17H21NO2/c1-3-19-16-7-9-17(10-8-16)20-12-11-18-15-6-4-5-14(2)13-15/h4-10,13,18H,3,11-12H2,1-2H3. The van der Waals surface area contributed by atoms with Crippen molar-refractivity contribution in [2.75, 3.05) is 25.1 Å². The van der Waals surface area contributed by atoms with E-state index < -0.39 is 0 Å². The van der Waals surface area contributed by atoms with Gasteiger partial charge < -0.3 is 14.8 Å². The van der Waals surface area contributed by atoms with E-state index in [1.165, 1.54) is 5.56 Å². The zero-order chi connectivity index (χ0) is 14.2. The van der Waals surface area contributed by atoms with Crippen molar-refractivity contribution in [1.82, 2.24) is 0 Å². The lowest BCUT2D eigenvalue weighted by atomic mass is 10.2. The Morgan fingerprint density at radius 2 is 1.65 bits per heavy atom. The molecule has 0 spiro atoms. The van der Waals surface area contributed by atoms with Gasteiger partial charge in [-0.1, -0.05) is 12.1 Å². The minimum absolute atomic E-state index is 0.627. The summed E-state index contributed by atoms with van der Waals surface area (Å²) in [6, 6.07) is 16.0. The summed E-state index contributed by atoms with van der Waals surface area (Å²) in [6.07, 6.45) is 0. The zero-order valence-electron chi connectivity index (χ0n) is 12.1. The van der Waals surface area contributed by atoms with Crippen LogP contribution < -0.4 is 14.8 Å². The fraction of sp³-hybridized carbons (Fsp3) is 0.294. The molecule has 0 atom stereocenters. The molecule has 3 heteroatoms. The van der Waals surface area contributed by atoms with Crippen LogP contribution in [0.25, 0.3) is 0 Å². The number of hydrogen-bond donors (Lipinski definition) is 1. The summed E-state index contributed by atoms with van der Waals surface area (Å²) in [5.74, 6) is 1.73. The van der Waals surface area contributed by atoms with Crippen molar-refractivity contribution in [1.29, 1.82) is 0 Å². The van der Waals surface area contributed by atoms with Gasteiger partial charge in [-0.2, -0.15) is 0 Å². The van der Waals surface area contributed by atoms with Gasteiger partial charge >= 0.3 is 0 Å². The SMILES string of the molecule is CCOc1ccc(OCCNc2cccc(C)c2)cc1. The second-order valence-corrected chi connectivity index (χ2v) is 4.55. The molecule has 0 aliphatic heterocycles. The van der Waals surface area contributed by atoms with E-state index in [0.717, 1.165) is 23.7 Å². The molecule has 0 fully saturated rings. The van der Waals surface area contributed by atoms with Crippen molar-refractivity contribution in [3.05, 3.63) is 54.1 Å². The van der Waals surface area contributed by atoms with Crippen LogP contribution in [0.3, 0.4) is 0 Å². The lowest BCUT2D eigenvalue weighted by molar-refractivity contribution is 0.326. The predicted molar refractivity (Wildman–Crippen MR) is 82.8 cm³/mol. The summed E-state index contributed by atoms with van der Waals surface area (Å²) in [6.45, 7) is 6.14. The molecule has 2 aromatic carbocycles. The lowest BCUT2D eigenvalue weighted by Crippen LogP contribution is -2.11. The molecule has 0 unspecified atom stereocenters. The van der Waals surface area contributed by atoms with E-state index in [4.69, 9.17) is 9.47 Å². The van der Waals surface area contributed by atoms with Crippen LogP contribution in [-0.2, 0) is 0 Å². The Morgan fingerprint density at radius 3 is 2.30 bits per heavy atom. The van der Waals surface area contributed by atoms with E-state index in [1.54, 1.807) is 0 Å². The molecule has 2 aromatic rings. The molecule has 0 aromatic heterocycles. The molecule has 3 nitrogen and oxygen atoms in total. The monoisotopic (exact) mass is 271 g/mol. The normalized spacial score (nSPS) is 10.1. The molecule has 106 valence electrons.